The number of carbonyl (C=O) groups is 1. The van der Waals surface area contributed by atoms with Crippen molar-refractivity contribution in [1.29, 1.82) is 0 Å². The highest BCUT2D eigenvalue weighted by molar-refractivity contribution is 7.17. The molecule has 0 aliphatic rings. The third-order valence-electron chi connectivity index (χ3n) is 3.05. The van der Waals surface area contributed by atoms with Crippen LogP contribution in [0.2, 0.25) is 0 Å². The fourth-order valence-corrected chi connectivity index (χ4v) is 2.29. The zero-order valence-corrected chi connectivity index (χ0v) is 13.6. The van der Waals surface area contributed by atoms with E-state index >= 15 is 0 Å². The Bertz CT molecular complexity index is 407. The van der Waals surface area contributed by atoms with Crippen LogP contribution in [0.25, 0.3) is 0 Å². The first-order valence-corrected chi connectivity index (χ1v) is 7.92. The van der Waals surface area contributed by atoms with Crippen molar-refractivity contribution in [2.45, 2.75) is 39.7 Å². The highest BCUT2D eigenvalue weighted by Gasteiger charge is 2.11. The molecule has 114 valence electrons. The number of hydrogen-bond donors (Lipinski definition) is 2. The van der Waals surface area contributed by atoms with Gasteiger partial charge in [-0.05, 0) is 47.2 Å². The minimum Gasteiger partial charge on any atom is -0.360 e. The second-order valence-corrected chi connectivity index (χ2v) is 5.96. The van der Waals surface area contributed by atoms with E-state index in [-0.39, 0.29) is 5.91 Å². The van der Waals surface area contributed by atoms with Crippen LogP contribution < -0.4 is 10.6 Å². The molecule has 0 aromatic carbocycles. The molecule has 1 amide bonds. The summed E-state index contributed by atoms with van der Waals surface area (Å²) in [7, 11) is 2.12. The molecule has 0 radical (unpaired) electrons. The number of unbranched alkanes of at least 4 members (excludes halogenated alkanes) is 1. The first-order valence-electron chi connectivity index (χ1n) is 7.10. The van der Waals surface area contributed by atoms with Crippen LogP contribution in [0.4, 0.5) is 5.13 Å². The van der Waals surface area contributed by atoms with Crippen molar-refractivity contribution < 1.29 is 4.79 Å². The molecular weight excluding hydrogens is 274 g/mol. The van der Waals surface area contributed by atoms with E-state index in [4.69, 9.17) is 0 Å². The monoisotopic (exact) mass is 299 g/mol. The Morgan fingerprint density at radius 2 is 2.10 bits per heavy atom. The summed E-state index contributed by atoms with van der Waals surface area (Å²) in [4.78, 5) is 14.1. The molecule has 7 heteroatoms. The van der Waals surface area contributed by atoms with Crippen LogP contribution in [0.5, 0.6) is 0 Å². The first kappa shape index (κ1) is 16.8. The summed E-state index contributed by atoms with van der Waals surface area (Å²) < 4.78 is 0. The van der Waals surface area contributed by atoms with Gasteiger partial charge in [0, 0.05) is 19.1 Å². The van der Waals surface area contributed by atoms with Crippen LogP contribution in [0.1, 0.15) is 43.4 Å². The number of nitrogens with one attached hydrogen (secondary N) is 2. The Labute approximate surface area is 125 Å². The van der Waals surface area contributed by atoms with Gasteiger partial charge in [0.25, 0.3) is 5.91 Å². The van der Waals surface area contributed by atoms with E-state index in [2.05, 4.69) is 46.6 Å². The van der Waals surface area contributed by atoms with Crippen molar-refractivity contribution in [3.05, 3.63) is 5.01 Å². The third-order valence-corrected chi connectivity index (χ3v) is 3.93. The number of anilines is 1. The topological polar surface area (TPSA) is 70.1 Å². The number of hydrogen-bond acceptors (Lipinski definition) is 6. The molecule has 0 fully saturated rings. The van der Waals surface area contributed by atoms with Crippen LogP contribution in [0.3, 0.4) is 0 Å². The Morgan fingerprint density at radius 1 is 1.35 bits per heavy atom. The van der Waals surface area contributed by atoms with Crippen LogP contribution in [0, 0.1) is 0 Å². The van der Waals surface area contributed by atoms with Crippen molar-refractivity contribution in [1.82, 2.24) is 20.4 Å². The van der Waals surface area contributed by atoms with Crippen LogP contribution in [-0.2, 0) is 0 Å². The number of aromatic nitrogens is 2. The maximum Gasteiger partial charge on any atom is 0.282 e. The van der Waals surface area contributed by atoms with Crippen molar-refractivity contribution in [2.24, 2.45) is 0 Å². The van der Waals surface area contributed by atoms with Gasteiger partial charge in [0.1, 0.15) is 0 Å². The van der Waals surface area contributed by atoms with Gasteiger partial charge in [-0.25, -0.2) is 0 Å². The zero-order chi connectivity index (χ0) is 15.0. The Kier molecular flexibility index (Phi) is 7.46. The molecule has 1 aromatic heterocycles. The Balaban J connectivity index is 2.19. The molecule has 0 saturated carbocycles. The van der Waals surface area contributed by atoms with E-state index in [1.807, 2.05) is 6.92 Å². The van der Waals surface area contributed by atoms with Crippen molar-refractivity contribution in [3.63, 3.8) is 0 Å². The van der Waals surface area contributed by atoms with E-state index in [0.717, 1.165) is 25.9 Å². The quantitative estimate of drug-likeness (QED) is 0.681. The molecule has 1 heterocycles. The lowest BCUT2D eigenvalue weighted by Crippen LogP contribution is -2.29. The second kappa shape index (κ2) is 8.86. The minimum absolute atomic E-state index is 0.135. The molecule has 2 N–H and O–H groups in total. The van der Waals surface area contributed by atoms with Crippen molar-refractivity contribution >= 4 is 22.4 Å². The highest BCUT2D eigenvalue weighted by atomic mass is 32.1. The van der Waals surface area contributed by atoms with Crippen LogP contribution >= 0.6 is 11.3 Å². The third kappa shape index (κ3) is 5.83. The maximum absolute atomic E-state index is 11.8. The van der Waals surface area contributed by atoms with Gasteiger partial charge in [-0.3, -0.25) is 4.79 Å². The van der Waals surface area contributed by atoms with E-state index in [9.17, 15) is 4.79 Å². The smallest absolute Gasteiger partial charge is 0.282 e. The summed E-state index contributed by atoms with van der Waals surface area (Å²) >= 11 is 1.28. The Morgan fingerprint density at radius 3 is 2.75 bits per heavy atom. The highest BCUT2D eigenvalue weighted by Crippen LogP contribution is 2.14. The number of rotatable bonds is 9. The summed E-state index contributed by atoms with van der Waals surface area (Å²) in [6, 6.07) is 0.565. The van der Waals surface area contributed by atoms with Gasteiger partial charge in [-0.1, -0.05) is 11.3 Å². The standard InChI is InChI=1S/C13H25N5OS/c1-5-14-13-17-16-12(20-13)11(19)15-8-6-7-9-18(4)10(2)3/h10H,5-9H2,1-4H3,(H,14,17)(H,15,19). The van der Waals surface area contributed by atoms with Gasteiger partial charge in [-0.15, -0.1) is 10.2 Å². The van der Waals surface area contributed by atoms with Gasteiger partial charge in [-0.2, -0.15) is 0 Å². The van der Waals surface area contributed by atoms with Gasteiger partial charge < -0.3 is 15.5 Å². The van der Waals surface area contributed by atoms with Crippen LogP contribution in [-0.4, -0.2) is 53.7 Å². The SMILES string of the molecule is CCNc1nnc(C(=O)NCCCCN(C)C(C)C)s1. The summed E-state index contributed by atoms with van der Waals surface area (Å²) in [5, 5.41) is 14.8. The minimum atomic E-state index is -0.135. The van der Waals surface area contributed by atoms with Gasteiger partial charge in [0.2, 0.25) is 10.1 Å². The molecule has 0 spiro atoms. The molecule has 0 aliphatic carbocycles. The van der Waals surface area contributed by atoms with E-state index < -0.39 is 0 Å². The average molecular weight is 299 g/mol. The fraction of sp³-hybridized carbons (Fsp3) is 0.769. The second-order valence-electron chi connectivity index (χ2n) is 4.98. The summed E-state index contributed by atoms with van der Waals surface area (Å²) in [5.41, 5.74) is 0. The lowest BCUT2D eigenvalue weighted by molar-refractivity contribution is 0.0951. The van der Waals surface area contributed by atoms with Crippen LogP contribution in [0.15, 0.2) is 0 Å². The molecule has 6 nitrogen and oxygen atoms in total. The largest absolute Gasteiger partial charge is 0.360 e. The van der Waals surface area contributed by atoms with Crippen molar-refractivity contribution in [3.8, 4) is 0 Å². The van der Waals surface area contributed by atoms with E-state index in [0.29, 0.717) is 22.7 Å². The Hall–Kier alpha value is -1.21. The molecule has 0 aliphatic heterocycles. The lowest BCUT2D eigenvalue weighted by Gasteiger charge is -2.20. The van der Waals surface area contributed by atoms with Gasteiger partial charge in [0.05, 0.1) is 0 Å². The zero-order valence-electron chi connectivity index (χ0n) is 12.8. The van der Waals surface area contributed by atoms with Crippen molar-refractivity contribution in [2.75, 3.05) is 32.0 Å². The fourth-order valence-electron chi connectivity index (χ4n) is 1.56. The first-order chi connectivity index (χ1) is 9.54. The number of amides is 1. The molecule has 0 unspecified atom stereocenters. The molecule has 0 saturated heterocycles. The van der Waals surface area contributed by atoms with E-state index in [1.54, 1.807) is 0 Å². The summed E-state index contributed by atoms with van der Waals surface area (Å²) in [6.07, 6.45) is 2.05. The summed E-state index contributed by atoms with van der Waals surface area (Å²) in [6.45, 7) is 8.85. The molecule has 20 heavy (non-hydrogen) atoms. The molecule has 1 rings (SSSR count). The average Bonchev–Trinajstić information content (AvgIpc) is 2.87. The normalized spacial score (nSPS) is 11.1. The molecule has 0 atom stereocenters. The predicted molar refractivity (Wildman–Crippen MR) is 83.4 cm³/mol. The van der Waals surface area contributed by atoms with E-state index in [1.165, 1.54) is 11.3 Å². The maximum atomic E-state index is 11.8. The predicted octanol–water partition coefficient (Wildman–Crippen LogP) is 1.82. The number of nitrogens with zero attached hydrogens (tertiary/aromatic N) is 3. The van der Waals surface area contributed by atoms with Gasteiger partial charge in [0.15, 0.2) is 0 Å². The molecule has 1 aromatic rings. The summed E-state index contributed by atoms with van der Waals surface area (Å²) in [5.74, 6) is -0.135. The van der Waals surface area contributed by atoms with Gasteiger partial charge >= 0.3 is 0 Å². The molecular formula is C13H25N5OS. The lowest BCUT2D eigenvalue weighted by atomic mass is 10.2. The molecule has 0 bridgehead atoms. The number of carbonyl (C=O) groups excluding carboxylic acids is 1.